The molecular formula is C21H20Cl2N4O2S. The lowest BCUT2D eigenvalue weighted by Crippen LogP contribution is -2.49. The van der Waals surface area contributed by atoms with Crippen molar-refractivity contribution in [3.63, 3.8) is 0 Å². The van der Waals surface area contributed by atoms with Crippen LogP contribution in [-0.2, 0) is 10.0 Å². The molecule has 0 radical (unpaired) electrons. The number of hydrogen-bond donors (Lipinski definition) is 0. The van der Waals surface area contributed by atoms with Gasteiger partial charge in [0.2, 0.25) is 10.0 Å². The Morgan fingerprint density at radius 2 is 1.60 bits per heavy atom. The van der Waals surface area contributed by atoms with Crippen LogP contribution in [0.1, 0.15) is 5.56 Å². The van der Waals surface area contributed by atoms with Gasteiger partial charge in [-0.15, -0.1) is 0 Å². The molecule has 156 valence electrons. The van der Waals surface area contributed by atoms with Gasteiger partial charge in [-0.3, -0.25) is 0 Å². The van der Waals surface area contributed by atoms with E-state index in [1.54, 1.807) is 6.92 Å². The van der Waals surface area contributed by atoms with Crippen molar-refractivity contribution in [3.05, 3.63) is 70.5 Å². The van der Waals surface area contributed by atoms with Crippen molar-refractivity contribution in [2.75, 3.05) is 31.1 Å². The first-order valence-electron chi connectivity index (χ1n) is 9.44. The van der Waals surface area contributed by atoms with Crippen LogP contribution in [0.2, 0.25) is 10.0 Å². The molecule has 30 heavy (non-hydrogen) atoms. The highest BCUT2D eigenvalue weighted by Gasteiger charge is 2.31. The van der Waals surface area contributed by atoms with Gasteiger partial charge in [0.25, 0.3) is 0 Å². The van der Waals surface area contributed by atoms with Gasteiger partial charge < -0.3 is 4.90 Å². The number of anilines is 1. The summed E-state index contributed by atoms with van der Waals surface area (Å²) in [6, 6.07) is 14.8. The maximum absolute atomic E-state index is 13.1. The summed E-state index contributed by atoms with van der Waals surface area (Å²) in [7, 11) is -3.71. The zero-order valence-corrected chi connectivity index (χ0v) is 18.6. The third kappa shape index (κ3) is 4.16. The van der Waals surface area contributed by atoms with Crippen LogP contribution in [-0.4, -0.2) is 48.9 Å². The summed E-state index contributed by atoms with van der Waals surface area (Å²) >= 11 is 12.2. The van der Waals surface area contributed by atoms with Crippen molar-refractivity contribution in [2.24, 2.45) is 0 Å². The topological polar surface area (TPSA) is 66.4 Å². The van der Waals surface area contributed by atoms with Crippen molar-refractivity contribution < 1.29 is 8.42 Å². The molecule has 0 aliphatic carbocycles. The minimum atomic E-state index is -3.71. The number of nitrogens with zero attached hydrogens (tertiary/aromatic N) is 4. The second-order valence-electron chi connectivity index (χ2n) is 7.05. The van der Waals surface area contributed by atoms with E-state index < -0.39 is 10.0 Å². The fraction of sp³-hybridized carbons (Fsp3) is 0.238. The molecule has 0 amide bonds. The molecule has 2 aromatic carbocycles. The van der Waals surface area contributed by atoms with E-state index in [0.717, 1.165) is 17.1 Å². The molecule has 1 aliphatic rings. The van der Waals surface area contributed by atoms with Gasteiger partial charge in [-0.05, 0) is 24.6 Å². The van der Waals surface area contributed by atoms with Gasteiger partial charge in [0.1, 0.15) is 17.0 Å². The maximum Gasteiger partial charge on any atom is 0.244 e. The summed E-state index contributed by atoms with van der Waals surface area (Å²) in [5.41, 5.74) is 2.52. The molecule has 1 aliphatic heterocycles. The highest BCUT2D eigenvalue weighted by Crippen LogP contribution is 2.31. The van der Waals surface area contributed by atoms with Crippen molar-refractivity contribution in [2.45, 2.75) is 11.8 Å². The molecule has 1 fully saturated rings. The zero-order chi connectivity index (χ0) is 21.3. The number of rotatable bonds is 4. The molecule has 0 spiro atoms. The lowest BCUT2D eigenvalue weighted by Gasteiger charge is -2.34. The third-order valence-electron chi connectivity index (χ3n) is 5.12. The summed E-state index contributed by atoms with van der Waals surface area (Å²) < 4.78 is 27.7. The summed E-state index contributed by atoms with van der Waals surface area (Å²) in [5.74, 6) is 0.779. The van der Waals surface area contributed by atoms with E-state index in [1.165, 1.54) is 22.8 Å². The molecule has 0 N–H and O–H groups in total. The van der Waals surface area contributed by atoms with Gasteiger partial charge in [0.05, 0.1) is 10.7 Å². The lowest BCUT2D eigenvalue weighted by atomic mass is 10.1. The van der Waals surface area contributed by atoms with Crippen LogP contribution in [0, 0.1) is 6.92 Å². The van der Waals surface area contributed by atoms with Gasteiger partial charge >= 0.3 is 0 Å². The van der Waals surface area contributed by atoms with Crippen LogP contribution in [0.4, 0.5) is 5.82 Å². The van der Waals surface area contributed by atoms with Gasteiger partial charge in [-0.1, -0.05) is 53.5 Å². The van der Waals surface area contributed by atoms with Crippen molar-refractivity contribution in [1.29, 1.82) is 0 Å². The monoisotopic (exact) mass is 462 g/mol. The highest BCUT2D eigenvalue weighted by molar-refractivity contribution is 7.89. The Morgan fingerprint density at radius 3 is 2.30 bits per heavy atom. The quantitative estimate of drug-likeness (QED) is 0.578. The Bertz CT molecular complexity index is 1160. The van der Waals surface area contributed by atoms with Gasteiger partial charge in [0, 0.05) is 42.8 Å². The van der Waals surface area contributed by atoms with Crippen LogP contribution >= 0.6 is 23.2 Å². The standard InChI is InChI=1S/C21H20Cl2N4O2S/c1-15-11-20(18(23)12-17(15)22)30(28,29)27-9-7-26(8-10-27)21-13-19(24-14-25-21)16-5-3-2-4-6-16/h2-6,11-14H,7-10H2,1H3. The van der Waals surface area contributed by atoms with Gasteiger partial charge in [0.15, 0.2) is 0 Å². The Kier molecular flexibility index (Phi) is 5.97. The van der Waals surface area contributed by atoms with E-state index in [-0.39, 0.29) is 9.92 Å². The number of benzene rings is 2. The number of aryl methyl sites for hydroxylation is 1. The molecule has 9 heteroatoms. The largest absolute Gasteiger partial charge is 0.354 e. The number of piperazine rings is 1. The average molecular weight is 463 g/mol. The SMILES string of the molecule is Cc1cc(S(=O)(=O)N2CCN(c3cc(-c4ccccc4)ncn3)CC2)c(Cl)cc1Cl. The molecule has 0 bridgehead atoms. The van der Waals surface area contributed by atoms with Crippen LogP contribution in [0.5, 0.6) is 0 Å². The number of aromatic nitrogens is 2. The van der Waals surface area contributed by atoms with Crippen LogP contribution in [0.3, 0.4) is 0 Å². The zero-order valence-electron chi connectivity index (χ0n) is 16.3. The summed E-state index contributed by atoms with van der Waals surface area (Å²) in [4.78, 5) is 10.9. The van der Waals surface area contributed by atoms with Gasteiger partial charge in [-0.25, -0.2) is 18.4 Å². The maximum atomic E-state index is 13.1. The van der Waals surface area contributed by atoms with E-state index in [0.29, 0.717) is 36.8 Å². The van der Waals surface area contributed by atoms with Crippen LogP contribution in [0.25, 0.3) is 11.3 Å². The fourth-order valence-corrected chi connectivity index (χ4v) is 5.64. The second-order valence-corrected chi connectivity index (χ2v) is 9.77. The number of halogens is 2. The first-order valence-corrected chi connectivity index (χ1v) is 11.6. The molecule has 3 aromatic rings. The predicted octanol–water partition coefficient (Wildman–Crippen LogP) is 4.27. The summed E-state index contributed by atoms with van der Waals surface area (Å²) in [5, 5.41) is 0.582. The van der Waals surface area contributed by atoms with Crippen molar-refractivity contribution in [3.8, 4) is 11.3 Å². The van der Waals surface area contributed by atoms with Crippen molar-refractivity contribution in [1.82, 2.24) is 14.3 Å². The number of hydrogen-bond acceptors (Lipinski definition) is 5. The lowest BCUT2D eigenvalue weighted by molar-refractivity contribution is 0.384. The van der Waals surface area contributed by atoms with E-state index in [1.807, 2.05) is 36.4 Å². The van der Waals surface area contributed by atoms with E-state index >= 15 is 0 Å². The molecule has 0 unspecified atom stereocenters. The predicted molar refractivity (Wildman–Crippen MR) is 120 cm³/mol. The first kappa shape index (κ1) is 21.1. The Balaban J connectivity index is 1.51. The molecule has 4 rings (SSSR count). The summed E-state index contributed by atoms with van der Waals surface area (Å²) in [6.07, 6.45) is 1.54. The second kappa shape index (κ2) is 8.51. The van der Waals surface area contributed by atoms with E-state index in [9.17, 15) is 8.42 Å². The molecule has 1 saturated heterocycles. The summed E-state index contributed by atoms with van der Waals surface area (Å²) in [6.45, 7) is 3.48. The number of sulfonamides is 1. The highest BCUT2D eigenvalue weighted by atomic mass is 35.5. The fourth-order valence-electron chi connectivity index (χ4n) is 3.41. The van der Waals surface area contributed by atoms with E-state index in [2.05, 4.69) is 14.9 Å². The Hall–Kier alpha value is -2.19. The third-order valence-corrected chi connectivity index (χ3v) is 7.89. The Labute approximate surface area is 186 Å². The van der Waals surface area contributed by atoms with Crippen LogP contribution < -0.4 is 4.90 Å². The smallest absolute Gasteiger partial charge is 0.244 e. The normalized spacial score (nSPS) is 15.4. The minimum Gasteiger partial charge on any atom is -0.354 e. The average Bonchev–Trinajstić information content (AvgIpc) is 2.77. The molecule has 0 saturated carbocycles. The first-order chi connectivity index (χ1) is 14.4. The van der Waals surface area contributed by atoms with Gasteiger partial charge in [-0.2, -0.15) is 4.31 Å². The molecule has 2 heterocycles. The molecular weight excluding hydrogens is 443 g/mol. The molecule has 6 nitrogen and oxygen atoms in total. The van der Waals surface area contributed by atoms with E-state index in [4.69, 9.17) is 23.2 Å². The molecule has 1 aromatic heterocycles. The van der Waals surface area contributed by atoms with Crippen molar-refractivity contribution >= 4 is 39.0 Å². The Morgan fingerprint density at radius 1 is 0.900 bits per heavy atom. The molecule has 0 atom stereocenters. The van der Waals surface area contributed by atoms with Crippen LogP contribution in [0.15, 0.2) is 59.8 Å². The minimum absolute atomic E-state index is 0.0907.